The van der Waals surface area contributed by atoms with E-state index >= 15 is 0 Å². The highest BCUT2D eigenvalue weighted by Crippen LogP contribution is 2.58. The number of hydrogen-bond donors (Lipinski definition) is 1. The van der Waals surface area contributed by atoms with Crippen molar-refractivity contribution in [1.82, 2.24) is 0 Å². The van der Waals surface area contributed by atoms with Crippen LogP contribution in [0.2, 0.25) is 0 Å². The molecule has 0 saturated heterocycles. The second kappa shape index (κ2) is 2.98. The quantitative estimate of drug-likeness (QED) is 0.664. The Hall–Kier alpha value is -0.0400. The van der Waals surface area contributed by atoms with E-state index in [1.165, 1.54) is 6.42 Å². The van der Waals surface area contributed by atoms with Gasteiger partial charge in [0, 0.05) is 6.04 Å². The van der Waals surface area contributed by atoms with Crippen molar-refractivity contribution in [2.75, 3.05) is 0 Å². The molecule has 78 valence electrons. The van der Waals surface area contributed by atoms with Crippen molar-refractivity contribution in [3.8, 4) is 0 Å². The fourth-order valence-electron chi connectivity index (χ4n) is 3.53. The van der Waals surface area contributed by atoms with Gasteiger partial charge in [-0.15, -0.1) is 0 Å². The first-order chi connectivity index (χ1) is 5.70. The van der Waals surface area contributed by atoms with Crippen molar-refractivity contribution in [2.45, 2.75) is 54.0 Å². The third-order valence-electron chi connectivity index (χ3n) is 4.59. The van der Waals surface area contributed by atoms with Gasteiger partial charge in [0.05, 0.1) is 0 Å². The maximum Gasteiger partial charge on any atom is 0.00466 e. The van der Waals surface area contributed by atoms with Crippen LogP contribution in [0, 0.1) is 22.7 Å². The Morgan fingerprint density at radius 3 is 1.85 bits per heavy atom. The van der Waals surface area contributed by atoms with Crippen LogP contribution < -0.4 is 5.73 Å². The summed E-state index contributed by atoms with van der Waals surface area (Å²) in [4.78, 5) is 0. The van der Waals surface area contributed by atoms with Gasteiger partial charge >= 0.3 is 0 Å². The van der Waals surface area contributed by atoms with E-state index in [2.05, 4.69) is 41.5 Å². The van der Waals surface area contributed by atoms with Gasteiger partial charge in [0.1, 0.15) is 0 Å². The molecule has 13 heavy (non-hydrogen) atoms. The number of hydrogen-bond acceptors (Lipinski definition) is 1. The topological polar surface area (TPSA) is 26.0 Å². The summed E-state index contributed by atoms with van der Waals surface area (Å²) in [6, 6.07) is 0.326. The second-order valence-corrected chi connectivity index (χ2v) is 6.17. The standard InChI is InChI=1S/C12H25N/c1-8-7-11(3,4)12(5,6)10(8)9(2)13/h8-10H,7,13H2,1-6H3. The molecule has 0 heterocycles. The molecule has 0 aromatic rings. The van der Waals surface area contributed by atoms with Crippen LogP contribution in [0.15, 0.2) is 0 Å². The van der Waals surface area contributed by atoms with E-state index in [-0.39, 0.29) is 0 Å². The van der Waals surface area contributed by atoms with Crippen LogP contribution in [-0.2, 0) is 0 Å². The van der Waals surface area contributed by atoms with Crippen LogP contribution in [0.25, 0.3) is 0 Å². The maximum atomic E-state index is 6.08. The van der Waals surface area contributed by atoms with E-state index in [0.717, 1.165) is 5.92 Å². The molecule has 0 aromatic carbocycles. The average molecular weight is 183 g/mol. The van der Waals surface area contributed by atoms with Gasteiger partial charge in [0.15, 0.2) is 0 Å². The average Bonchev–Trinajstić information content (AvgIpc) is 1.96. The molecular weight excluding hydrogens is 158 g/mol. The first-order valence-corrected chi connectivity index (χ1v) is 5.46. The normalized spacial score (nSPS) is 39.0. The summed E-state index contributed by atoms with van der Waals surface area (Å²) >= 11 is 0. The Balaban J connectivity index is 2.98. The van der Waals surface area contributed by atoms with Crippen molar-refractivity contribution in [3.05, 3.63) is 0 Å². The van der Waals surface area contributed by atoms with Gasteiger partial charge in [-0.3, -0.25) is 0 Å². The fraction of sp³-hybridized carbons (Fsp3) is 1.00. The molecule has 0 amide bonds. The van der Waals surface area contributed by atoms with Crippen molar-refractivity contribution < 1.29 is 0 Å². The predicted octanol–water partition coefficient (Wildman–Crippen LogP) is 3.04. The molecule has 1 aliphatic carbocycles. The minimum absolute atomic E-state index is 0.326. The largest absolute Gasteiger partial charge is 0.328 e. The van der Waals surface area contributed by atoms with Crippen molar-refractivity contribution >= 4 is 0 Å². The van der Waals surface area contributed by atoms with E-state index in [9.17, 15) is 0 Å². The molecular formula is C12H25N. The molecule has 1 rings (SSSR count). The zero-order valence-electron chi connectivity index (χ0n) is 10.0. The number of rotatable bonds is 1. The molecule has 1 fully saturated rings. The lowest BCUT2D eigenvalue weighted by atomic mass is 9.65. The predicted molar refractivity (Wildman–Crippen MR) is 58.5 cm³/mol. The highest BCUT2D eigenvalue weighted by molar-refractivity contribution is 5.03. The third kappa shape index (κ3) is 1.52. The Morgan fingerprint density at radius 2 is 1.69 bits per heavy atom. The summed E-state index contributed by atoms with van der Waals surface area (Å²) in [6.07, 6.45) is 1.31. The Kier molecular flexibility index (Phi) is 2.53. The van der Waals surface area contributed by atoms with Crippen LogP contribution in [-0.4, -0.2) is 6.04 Å². The van der Waals surface area contributed by atoms with E-state index in [1.807, 2.05) is 0 Å². The van der Waals surface area contributed by atoms with Crippen LogP contribution in [0.4, 0.5) is 0 Å². The van der Waals surface area contributed by atoms with Crippen molar-refractivity contribution in [2.24, 2.45) is 28.4 Å². The van der Waals surface area contributed by atoms with Gasteiger partial charge in [-0.2, -0.15) is 0 Å². The van der Waals surface area contributed by atoms with Crippen LogP contribution >= 0.6 is 0 Å². The Bertz CT molecular complexity index is 191. The molecule has 1 heteroatoms. The van der Waals surface area contributed by atoms with Gasteiger partial charge in [-0.1, -0.05) is 34.6 Å². The number of nitrogens with two attached hydrogens (primary N) is 1. The summed E-state index contributed by atoms with van der Waals surface area (Å²) in [5.41, 5.74) is 6.90. The lowest BCUT2D eigenvalue weighted by molar-refractivity contribution is 0.0909. The van der Waals surface area contributed by atoms with E-state index in [4.69, 9.17) is 5.73 Å². The molecule has 0 aliphatic heterocycles. The highest BCUT2D eigenvalue weighted by Gasteiger charge is 2.52. The van der Waals surface area contributed by atoms with Gasteiger partial charge in [0.2, 0.25) is 0 Å². The Labute approximate surface area is 83.1 Å². The van der Waals surface area contributed by atoms with Gasteiger partial charge in [-0.05, 0) is 36.0 Å². The lowest BCUT2D eigenvalue weighted by Gasteiger charge is -2.41. The molecule has 1 nitrogen and oxygen atoms in total. The summed E-state index contributed by atoms with van der Waals surface area (Å²) < 4.78 is 0. The minimum atomic E-state index is 0.326. The summed E-state index contributed by atoms with van der Waals surface area (Å²) in [5, 5.41) is 0. The molecule has 0 aromatic heterocycles. The molecule has 2 N–H and O–H groups in total. The molecule has 0 bridgehead atoms. The van der Waals surface area contributed by atoms with Crippen LogP contribution in [0.1, 0.15) is 48.0 Å². The van der Waals surface area contributed by atoms with E-state index in [1.54, 1.807) is 0 Å². The SMILES string of the molecule is CC(N)C1C(C)CC(C)(C)C1(C)C. The fourth-order valence-corrected chi connectivity index (χ4v) is 3.53. The van der Waals surface area contributed by atoms with Crippen LogP contribution in [0.3, 0.4) is 0 Å². The molecule has 3 atom stereocenters. The highest BCUT2D eigenvalue weighted by atomic mass is 14.7. The maximum absolute atomic E-state index is 6.08. The molecule has 0 radical (unpaired) electrons. The molecule has 1 aliphatic rings. The van der Waals surface area contributed by atoms with Gasteiger partial charge in [-0.25, -0.2) is 0 Å². The molecule has 0 spiro atoms. The molecule has 1 saturated carbocycles. The first-order valence-electron chi connectivity index (χ1n) is 5.46. The summed E-state index contributed by atoms with van der Waals surface area (Å²) in [6.45, 7) is 14.0. The van der Waals surface area contributed by atoms with E-state index in [0.29, 0.717) is 22.8 Å². The third-order valence-corrected chi connectivity index (χ3v) is 4.59. The van der Waals surface area contributed by atoms with E-state index < -0.39 is 0 Å². The van der Waals surface area contributed by atoms with Crippen LogP contribution in [0.5, 0.6) is 0 Å². The Morgan fingerprint density at radius 1 is 1.23 bits per heavy atom. The van der Waals surface area contributed by atoms with Gasteiger partial charge < -0.3 is 5.73 Å². The molecule has 3 unspecified atom stereocenters. The zero-order valence-corrected chi connectivity index (χ0v) is 10.0. The zero-order chi connectivity index (χ0) is 10.4. The first kappa shape index (κ1) is 11.0. The summed E-state index contributed by atoms with van der Waals surface area (Å²) in [7, 11) is 0. The van der Waals surface area contributed by atoms with Crippen molar-refractivity contribution in [3.63, 3.8) is 0 Å². The van der Waals surface area contributed by atoms with Crippen molar-refractivity contribution in [1.29, 1.82) is 0 Å². The lowest BCUT2D eigenvalue weighted by Crippen LogP contribution is -2.41. The smallest absolute Gasteiger partial charge is 0.00466 e. The minimum Gasteiger partial charge on any atom is -0.328 e. The van der Waals surface area contributed by atoms with Gasteiger partial charge in [0.25, 0.3) is 0 Å². The summed E-state index contributed by atoms with van der Waals surface area (Å²) in [5.74, 6) is 1.44. The monoisotopic (exact) mass is 183 g/mol. The second-order valence-electron chi connectivity index (χ2n) is 6.17.